The van der Waals surface area contributed by atoms with Crippen LogP contribution in [0.4, 0.5) is 14.5 Å². The van der Waals surface area contributed by atoms with Crippen LogP contribution in [-0.4, -0.2) is 55.8 Å². The number of amides is 1. The van der Waals surface area contributed by atoms with Crippen LogP contribution < -0.4 is 5.32 Å². The lowest BCUT2D eigenvalue weighted by molar-refractivity contribution is -0.121. The van der Waals surface area contributed by atoms with Crippen molar-refractivity contribution in [1.82, 2.24) is 9.21 Å². The number of carbonyl (C=O) groups is 1. The van der Waals surface area contributed by atoms with Gasteiger partial charge in [0.2, 0.25) is 15.9 Å². The minimum Gasteiger partial charge on any atom is -0.320 e. The van der Waals surface area contributed by atoms with Gasteiger partial charge in [0, 0.05) is 26.2 Å². The van der Waals surface area contributed by atoms with E-state index in [1.54, 1.807) is 19.1 Å². The molecule has 2 aromatic rings. The number of halogens is 2. The number of rotatable bonds is 5. The van der Waals surface area contributed by atoms with Crippen LogP contribution in [0.3, 0.4) is 0 Å². The molecule has 1 N–H and O–H groups in total. The maximum absolute atomic E-state index is 13.8. The summed E-state index contributed by atoms with van der Waals surface area (Å²) < 4.78 is 55.2. The number of nitrogens with zero attached hydrogens (tertiary/aromatic N) is 2. The van der Waals surface area contributed by atoms with Crippen LogP contribution in [0.1, 0.15) is 24.5 Å². The zero-order valence-corrected chi connectivity index (χ0v) is 18.1. The number of fused-ring (bicyclic) bond motifs is 1. The van der Waals surface area contributed by atoms with Crippen LogP contribution in [0.2, 0.25) is 0 Å². The summed E-state index contributed by atoms with van der Waals surface area (Å²) >= 11 is 0. The molecule has 166 valence electrons. The number of sulfonamides is 1. The van der Waals surface area contributed by atoms with Gasteiger partial charge in [0.15, 0.2) is 0 Å². The van der Waals surface area contributed by atoms with E-state index in [2.05, 4.69) is 5.32 Å². The average Bonchev–Trinajstić information content (AvgIpc) is 3.24. The van der Waals surface area contributed by atoms with Crippen molar-refractivity contribution in [3.8, 4) is 0 Å². The molecule has 1 saturated heterocycles. The fraction of sp³-hybridized carbons (Fsp3) is 0.409. The fourth-order valence-electron chi connectivity index (χ4n) is 4.20. The molecule has 0 saturated carbocycles. The normalized spacial score (nSPS) is 18.5. The average molecular weight is 450 g/mol. The summed E-state index contributed by atoms with van der Waals surface area (Å²) in [5, 5.41) is 2.30. The van der Waals surface area contributed by atoms with Crippen molar-refractivity contribution >= 4 is 21.6 Å². The van der Waals surface area contributed by atoms with E-state index in [4.69, 9.17) is 0 Å². The van der Waals surface area contributed by atoms with Crippen LogP contribution in [0, 0.1) is 11.6 Å². The third kappa shape index (κ3) is 4.35. The van der Waals surface area contributed by atoms with Gasteiger partial charge in [-0.25, -0.2) is 17.2 Å². The second-order valence-corrected chi connectivity index (χ2v) is 9.92. The van der Waals surface area contributed by atoms with E-state index >= 15 is 0 Å². The zero-order valence-electron chi connectivity index (χ0n) is 17.3. The first kappa shape index (κ1) is 21.9. The van der Waals surface area contributed by atoms with Crippen LogP contribution >= 0.6 is 0 Å². The number of piperazine rings is 1. The number of hydrogen-bond donors (Lipinski definition) is 1. The van der Waals surface area contributed by atoms with E-state index in [-0.39, 0.29) is 13.1 Å². The van der Waals surface area contributed by atoms with E-state index in [0.29, 0.717) is 18.0 Å². The van der Waals surface area contributed by atoms with Crippen LogP contribution in [-0.2, 0) is 27.7 Å². The van der Waals surface area contributed by atoms with Crippen molar-refractivity contribution in [2.75, 3.05) is 31.5 Å². The number of hydrogen-bond acceptors (Lipinski definition) is 4. The predicted octanol–water partition coefficient (Wildman–Crippen LogP) is 2.79. The first-order valence-corrected chi connectivity index (χ1v) is 11.8. The Morgan fingerprint density at radius 2 is 1.65 bits per heavy atom. The van der Waals surface area contributed by atoms with Crippen molar-refractivity contribution in [2.45, 2.75) is 37.1 Å². The van der Waals surface area contributed by atoms with Crippen LogP contribution in [0.25, 0.3) is 0 Å². The summed E-state index contributed by atoms with van der Waals surface area (Å²) in [7, 11) is -3.61. The summed E-state index contributed by atoms with van der Waals surface area (Å²) in [5.74, 6) is -2.23. The number of para-hydroxylation sites is 1. The maximum atomic E-state index is 13.8. The molecule has 31 heavy (non-hydrogen) atoms. The standard InChI is InChI=1S/C22H25F2N3O3S/c1-15(22(28)25-21-19(23)6-3-7-20(21)24)26-10-12-27(13-11-26)31(29,30)18-9-8-16-4-2-5-17(16)14-18/h3,6-9,14-15H,2,4-5,10-13H2,1H3,(H,25,28)/t15-/m0/s1. The largest absolute Gasteiger partial charge is 0.320 e. The Kier molecular flexibility index (Phi) is 6.09. The third-order valence-corrected chi connectivity index (χ3v) is 8.01. The smallest absolute Gasteiger partial charge is 0.243 e. The van der Waals surface area contributed by atoms with Gasteiger partial charge in [0.25, 0.3) is 0 Å². The topological polar surface area (TPSA) is 69.7 Å². The predicted molar refractivity (Wildman–Crippen MR) is 113 cm³/mol. The Balaban J connectivity index is 1.39. The molecule has 9 heteroatoms. The van der Waals surface area contributed by atoms with E-state index in [9.17, 15) is 22.0 Å². The Labute approximate surface area is 180 Å². The van der Waals surface area contributed by atoms with E-state index < -0.39 is 39.3 Å². The molecule has 0 unspecified atom stereocenters. The second-order valence-electron chi connectivity index (χ2n) is 7.99. The summed E-state index contributed by atoms with van der Waals surface area (Å²) in [6.45, 7) is 2.81. The molecule has 4 rings (SSSR count). The summed E-state index contributed by atoms with van der Waals surface area (Å²) in [6, 6.07) is 8.07. The van der Waals surface area contributed by atoms with Gasteiger partial charge in [-0.2, -0.15) is 4.31 Å². The highest BCUT2D eigenvalue weighted by Crippen LogP contribution is 2.27. The fourth-order valence-corrected chi connectivity index (χ4v) is 5.67. The molecule has 1 amide bonds. The van der Waals surface area contributed by atoms with Gasteiger partial charge in [0.05, 0.1) is 10.9 Å². The lowest BCUT2D eigenvalue weighted by atomic mass is 10.1. The Morgan fingerprint density at radius 3 is 2.32 bits per heavy atom. The van der Waals surface area contributed by atoms with Gasteiger partial charge >= 0.3 is 0 Å². The van der Waals surface area contributed by atoms with Gasteiger partial charge in [0.1, 0.15) is 17.3 Å². The van der Waals surface area contributed by atoms with E-state index in [0.717, 1.165) is 37.0 Å². The molecule has 1 atom stereocenters. The molecule has 0 spiro atoms. The number of benzene rings is 2. The van der Waals surface area contributed by atoms with Crippen molar-refractivity contribution < 1.29 is 22.0 Å². The number of nitrogens with one attached hydrogen (secondary N) is 1. The van der Waals surface area contributed by atoms with Crippen molar-refractivity contribution in [3.05, 3.63) is 59.2 Å². The first-order valence-electron chi connectivity index (χ1n) is 10.4. The van der Waals surface area contributed by atoms with Crippen LogP contribution in [0.5, 0.6) is 0 Å². The first-order chi connectivity index (χ1) is 14.8. The Bertz CT molecular complexity index is 1080. The highest BCUT2D eigenvalue weighted by molar-refractivity contribution is 7.89. The molecule has 0 aromatic heterocycles. The number of aryl methyl sites for hydroxylation is 2. The molecule has 6 nitrogen and oxygen atoms in total. The summed E-state index contributed by atoms with van der Waals surface area (Å²) in [4.78, 5) is 14.6. The highest BCUT2D eigenvalue weighted by Gasteiger charge is 2.32. The van der Waals surface area contributed by atoms with Crippen molar-refractivity contribution in [2.24, 2.45) is 0 Å². The van der Waals surface area contributed by atoms with Gasteiger partial charge in [-0.15, -0.1) is 0 Å². The Hall–Kier alpha value is -2.36. The SMILES string of the molecule is C[C@@H](C(=O)Nc1c(F)cccc1F)N1CCN(S(=O)(=O)c2ccc3c(c2)CCC3)CC1. The van der Waals surface area contributed by atoms with Gasteiger partial charge in [-0.05, 0) is 61.6 Å². The molecule has 1 aliphatic heterocycles. The van der Waals surface area contributed by atoms with E-state index in [1.165, 1.54) is 15.9 Å². The molecule has 2 aliphatic rings. The zero-order chi connectivity index (χ0) is 22.2. The molecule has 2 aromatic carbocycles. The van der Waals surface area contributed by atoms with Gasteiger partial charge in [-0.1, -0.05) is 12.1 Å². The molecule has 1 heterocycles. The maximum Gasteiger partial charge on any atom is 0.243 e. The number of carbonyl (C=O) groups excluding carboxylic acids is 1. The van der Waals surface area contributed by atoms with E-state index in [1.807, 2.05) is 11.0 Å². The second kappa shape index (κ2) is 8.64. The molecule has 0 radical (unpaired) electrons. The minimum atomic E-state index is -3.61. The molecular formula is C22H25F2N3O3S. The summed E-state index contributed by atoms with van der Waals surface area (Å²) in [6.07, 6.45) is 2.95. The monoisotopic (exact) mass is 449 g/mol. The lowest BCUT2D eigenvalue weighted by Crippen LogP contribution is -2.54. The van der Waals surface area contributed by atoms with Gasteiger partial charge in [-0.3, -0.25) is 9.69 Å². The molecule has 1 fully saturated rings. The number of anilines is 1. The lowest BCUT2D eigenvalue weighted by Gasteiger charge is -2.36. The van der Waals surface area contributed by atoms with Crippen molar-refractivity contribution in [1.29, 1.82) is 0 Å². The van der Waals surface area contributed by atoms with Gasteiger partial charge < -0.3 is 5.32 Å². The van der Waals surface area contributed by atoms with Crippen molar-refractivity contribution in [3.63, 3.8) is 0 Å². The quantitative estimate of drug-likeness (QED) is 0.762. The minimum absolute atomic E-state index is 0.241. The Morgan fingerprint density at radius 1 is 1.00 bits per heavy atom. The molecule has 1 aliphatic carbocycles. The molecular weight excluding hydrogens is 424 g/mol. The summed E-state index contributed by atoms with van der Waals surface area (Å²) in [5.41, 5.74) is 1.84. The molecule has 0 bridgehead atoms. The van der Waals surface area contributed by atoms with Crippen LogP contribution in [0.15, 0.2) is 41.3 Å². The highest BCUT2D eigenvalue weighted by atomic mass is 32.2. The third-order valence-electron chi connectivity index (χ3n) is 6.12.